The molecule has 0 aromatic heterocycles. The van der Waals surface area contributed by atoms with E-state index in [9.17, 15) is 9.90 Å². The molecule has 0 radical (unpaired) electrons. The fourth-order valence-electron chi connectivity index (χ4n) is 0.495. The summed E-state index contributed by atoms with van der Waals surface area (Å²) in [5, 5.41) is 9.24. The molecule has 0 rings (SSSR count). The van der Waals surface area contributed by atoms with Gasteiger partial charge in [0.1, 0.15) is 5.76 Å². The predicted molar refractivity (Wildman–Crippen MR) is 48.6 cm³/mol. The van der Waals surface area contributed by atoms with Crippen LogP contribution < -0.4 is 0 Å². The lowest BCUT2D eigenvalue weighted by Gasteiger charge is -1.98. The molecular formula is C8H9BrO2. The lowest BCUT2D eigenvalue weighted by molar-refractivity contribution is -0.104. The summed E-state index contributed by atoms with van der Waals surface area (Å²) in [6, 6.07) is 0. The largest absolute Gasteiger partial charge is 0.506 e. The summed E-state index contributed by atoms with van der Waals surface area (Å²) in [5.41, 5.74) is 0.247. The zero-order valence-electron chi connectivity index (χ0n) is 6.17. The Balaban J connectivity index is 4.85. The molecule has 0 aliphatic heterocycles. The first-order valence-electron chi connectivity index (χ1n) is 3.00. The van der Waals surface area contributed by atoms with Crippen LogP contribution in [0, 0.1) is 0 Å². The zero-order chi connectivity index (χ0) is 8.85. The lowest BCUT2D eigenvalue weighted by atomic mass is 10.2. The molecule has 11 heavy (non-hydrogen) atoms. The Kier molecular flexibility index (Phi) is 4.54. The van der Waals surface area contributed by atoms with E-state index in [1.165, 1.54) is 12.2 Å². The highest BCUT2D eigenvalue weighted by Gasteiger charge is 2.03. The smallest absolute Gasteiger partial charge is 0.153 e. The zero-order valence-corrected chi connectivity index (χ0v) is 7.76. The Morgan fingerprint density at radius 3 is 2.45 bits per heavy atom. The minimum absolute atomic E-state index is 0.0856. The molecule has 0 aliphatic carbocycles. The number of hydrogen-bond donors (Lipinski definition) is 1. The summed E-state index contributed by atoms with van der Waals surface area (Å²) >= 11 is 3.04. The van der Waals surface area contributed by atoms with Crippen molar-refractivity contribution in [3.8, 4) is 0 Å². The number of aliphatic hydroxyl groups is 1. The molecule has 0 amide bonds. The number of allylic oxidation sites excluding steroid dienone is 4. The number of aliphatic hydroxyl groups excluding tert-OH is 1. The second-order valence-electron chi connectivity index (χ2n) is 1.76. The average Bonchev–Trinajstić information content (AvgIpc) is 2.05. The second-order valence-corrected chi connectivity index (χ2v) is 2.62. The van der Waals surface area contributed by atoms with Gasteiger partial charge in [-0.05, 0) is 22.9 Å². The maximum atomic E-state index is 10.3. The molecule has 3 heteroatoms. The summed E-state index contributed by atoms with van der Waals surface area (Å²) in [6.45, 7) is 5.09. The quantitative estimate of drug-likeness (QED) is 0.341. The van der Waals surface area contributed by atoms with Gasteiger partial charge in [-0.2, -0.15) is 0 Å². The van der Waals surface area contributed by atoms with E-state index >= 15 is 0 Å². The molecule has 0 saturated carbocycles. The molecule has 2 nitrogen and oxygen atoms in total. The van der Waals surface area contributed by atoms with Gasteiger partial charge in [-0.1, -0.05) is 18.7 Å². The van der Waals surface area contributed by atoms with Crippen LogP contribution in [0.5, 0.6) is 0 Å². The summed E-state index contributed by atoms with van der Waals surface area (Å²) < 4.78 is 0.415. The van der Waals surface area contributed by atoms with Crippen LogP contribution >= 0.6 is 15.9 Å². The van der Waals surface area contributed by atoms with Crippen LogP contribution in [-0.2, 0) is 4.79 Å². The molecule has 0 aromatic rings. The number of aldehydes is 1. The summed E-state index contributed by atoms with van der Waals surface area (Å²) in [5.74, 6) is -0.0856. The van der Waals surface area contributed by atoms with Crippen molar-refractivity contribution in [3.63, 3.8) is 0 Å². The molecule has 0 unspecified atom stereocenters. The van der Waals surface area contributed by atoms with Crippen molar-refractivity contribution in [2.75, 3.05) is 0 Å². The van der Waals surface area contributed by atoms with E-state index in [2.05, 4.69) is 22.5 Å². The first-order valence-corrected chi connectivity index (χ1v) is 3.79. The predicted octanol–water partition coefficient (Wildman–Crippen LogP) is 2.48. The number of carbonyl (C=O) groups is 1. The highest BCUT2D eigenvalue weighted by Crippen LogP contribution is 2.16. The average molecular weight is 217 g/mol. The van der Waals surface area contributed by atoms with E-state index in [-0.39, 0.29) is 11.3 Å². The SMILES string of the molecule is C=C/C(Br)=C(O)\C(C=O)=C/C. The molecule has 0 atom stereocenters. The van der Waals surface area contributed by atoms with Gasteiger partial charge in [0.25, 0.3) is 0 Å². The van der Waals surface area contributed by atoms with E-state index < -0.39 is 0 Å². The van der Waals surface area contributed by atoms with E-state index in [1.807, 2.05) is 0 Å². The fraction of sp³-hybridized carbons (Fsp3) is 0.125. The Labute approximate surface area is 74.0 Å². The van der Waals surface area contributed by atoms with Gasteiger partial charge >= 0.3 is 0 Å². The summed E-state index contributed by atoms with van der Waals surface area (Å²) in [6.07, 6.45) is 3.52. The molecule has 0 bridgehead atoms. The Morgan fingerprint density at radius 1 is 1.64 bits per heavy atom. The first kappa shape index (κ1) is 10.2. The third-order valence-electron chi connectivity index (χ3n) is 1.12. The van der Waals surface area contributed by atoms with Gasteiger partial charge in [0, 0.05) is 0 Å². The lowest BCUT2D eigenvalue weighted by Crippen LogP contribution is -1.90. The normalized spacial score (nSPS) is 13.8. The van der Waals surface area contributed by atoms with Crippen molar-refractivity contribution >= 4 is 22.2 Å². The number of rotatable bonds is 3. The van der Waals surface area contributed by atoms with Crippen molar-refractivity contribution in [3.05, 3.63) is 34.5 Å². The maximum absolute atomic E-state index is 10.3. The van der Waals surface area contributed by atoms with Crippen LogP contribution in [0.2, 0.25) is 0 Å². The Hall–Kier alpha value is -0.830. The van der Waals surface area contributed by atoms with Crippen LogP contribution in [0.25, 0.3) is 0 Å². The molecule has 0 heterocycles. The van der Waals surface area contributed by atoms with Crippen LogP contribution in [0.1, 0.15) is 6.92 Å². The molecule has 0 spiro atoms. The standard InChI is InChI=1S/C8H9BrO2/c1-3-6(5-10)8(11)7(9)4-2/h3-5,11H,2H2,1H3/b6-3-,8-7-. The topological polar surface area (TPSA) is 37.3 Å². The van der Waals surface area contributed by atoms with E-state index in [1.54, 1.807) is 6.92 Å². The van der Waals surface area contributed by atoms with Gasteiger partial charge in [0.05, 0.1) is 10.1 Å². The summed E-state index contributed by atoms with van der Waals surface area (Å²) in [4.78, 5) is 10.3. The highest BCUT2D eigenvalue weighted by atomic mass is 79.9. The van der Waals surface area contributed by atoms with Crippen LogP contribution in [0.15, 0.2) is 34.5 Å². The molecule has 0 saturated heterocycles. The van der Waals surface area contributed by atoms with E-state index in [0.717, 1.165) is 0 Å². The van der Waals surface area contributed by atoms with Gasteiger partial charge in [-0.25, -0.2) is 0 Å². The Morgan fingerprint density at radius 2 is 2.18 bits per heavy atom. The van der Waals surface area contributed by atoms with E-state index in [4.69, 9.17) is 0 Å². The van der Waals surface area contributed by atoms with E-state index in [0.29, 0.717) is 10.8 Å². The summed E-state index contributed by atoms with van der Waals surface area (Å²) in [7, 11) is 0. The van der Waals surface area contributed by atoms with Crippen LogP contribution in [-0.4, -0.2) is 11.4 Å². The monoisotopic (exact) mass is 216 g/mol. The maximum Gasteiger partial charge on any atom is 0.153 e. The first-order chi connectivity index (χ1) is 5.17. The number of hydrogen-bond acceptors (Lipinski definition) is 2. The second kappa shape index (κ2) is 4.91. The molecular weight excluding hydrogens is 208 g/mol. The van der Waals surface area contributed by atoms with Gasteiger partial charge < -0.3 is 5.11 Å². The van der Waals surface area contributed by atoms with Gasteiger partial charge in [-0.3, -0.25) is 4.79 Å². The molecule has 1 N–H and O–H groups in total. The van der Waals surface area contributed by atoms with Crippen molar-refractivity contribution < 1.29 is 9.90 Å². The molecule has 60 valence electrons. The third kappa shape index (κ3) is 2.72. The minimum atomic E-state index is -0.0856. The van der Waals surface area contributed by atoms with Crippen LogP contribution in [0.4, 0.5) is 0 Å². The van der Waals surface area contributed by atoms with Crippen molar-refractivity contribution in [1.82, 2.24) is 0 Å². The molecule has 0 aliphatic rings. The molecule has 0 aromatic carbocycles. The number of carbonyl (C=O) groups excluding carboxylic acids is 1. The molecule has 0 fully saturated rings. The van der Waals surface area contributed by atoms with Crippen molar-refractivity contribution in [1.29, 1.82) is 0 Å². The van der Waals surface area contributed by atoms with Crippen molar-refractivity contribution in [2.24, 2.45) is 0 Å². The Bertz CT molecular complexity index is 226. The van der Waals surface area contributed by atoms with Crippen molar-refractivity contribution in [2.45, 2.75) is 6.92 Å². The highest BCUT2D eigenvalue weighted by molar-refractivity contribution is 9.11. The fourth-order valence-corrected chi connectivity index (χ4v) is 0.724. The van der Waals surface area contributed by atoms with Gasteiger partial charge in [0.2, 0.25) is 0 Å². The number of halogens is 1. The van der Waals surface area contributed by atoms with Gasteiger partial charge in [0.15, 0.2) is 6.29 Å². The third-order valence-corrected chi connectivity index (χ3v) is 1.82. The van der Waals surface area contributed by atoms with Crippen LogP contribution in [0.3, 0.4) is 0 Å². The minimum Gasteiger partial charge on any atom is -0.506 e. The van der Waals surface area contributed by atoms with Gasteiger partial charge in [-0.15, -0.1) is 0 Å².